The number of hydrogen-bond acceptors (Lipinski definition) is 3. The Hall–Kier alpha value is -2.13. The Morgan fingerprint density at radius 3 is 2.89 bits per heavy atom. The highest BCUT2D eigenvalue weighted by atomic mass is 16.3. The fourth-order valence-corrected chi connectivity index (χ4v) is 1.98. The fourth-order valence-electron chi connectivity index (χ4n) is 1.98. The molecule has 0 bridgehead atoms. The van der Waals surface area contributed by atoms with Crippen molar-refractivity contribution in [1.82, 2.24) is 10.3 Å². The molecule has 1 N–H and O–H groups in total. The summed E-state index contributed by atoms with van der Waals surface area (Å²) in [4.78, 5) is 4.31. The van der Waals surface area contributed by atoms with Crippen LogP contribution in [0.1, 0.15) is 11.1 Å². The van der Waals surface area contributed by atoms with Gasteiger partial charge in [-0.25, -0.2) is 0 Å². The molecule has 0 aliphatic rings. The highest BCUT2D eigenvalue weighted by Gasteiger charge is 1.98. The average Bonchev–Trinajstić information content (AvgIpc) is 2.92. The lowest BCUT2D eigenvalue weighted by atomic mass is 10.1. The van der Waals surface area contributed by atoms with Gasteiger partial charge in [0.2, 0.25) is 0 Å². The van der Waals surface area contributed by atoms with E-state index in [1.807, 2.05) is 18.3 Å². The van der Waals surface area contributed by atoms with Crippen molar-refractivity contribution < 1.29 is 4.42 Å². The molecule has 3 aromatic rings. The number of aromatic nitrogens is 1. The zero-order valence-corrected chi connectivity index (χ0v) is 9.97. The van der Waals surface area contributed by atoms with Crippen LogP contribution in [0, 0.1) is 0 Å². The monoisotopic (exact) mass is 238 g/mol. The van der Waals surface area contributed by atoms with Crippen LogP contribution < -0.4 is 5.32 Å². The van der Waals surface area contributed by atoms with E-state index < -0.39 is 0 Å². The van der Waals surface area contributed by atoms with Crippen molar-refractivity contribution in [1.29, 1.82) is 0 Å². The van der Waals surface area contributed by atoms with Crippen LogP contribution in [0.15, 0.2) is 59.5 Å². The van der Waals surface area contributed by atoms with E-state index in [4.69, 9.17) is 4.42 Å². The summed E-state index contributed by atoms with van der Waals surface area (Å²) in [6, 6.07) is 12.4. The molecule has 0 aliphatic carbocycles. The third-order valence-corrected chi connectivity index (χ3v) is 2.91. The van der Waals surface area contributed by atoms with Crippen molar-refractivity contribution >= 4 is 10.9 Å². The number of pyridine rings is 1. The fraction of sp³-hybridized carbons (Fsp3) is 0.133. The summed E-state index contributed by atoms with van der Waals surface area (Å²) >= 11 is 0. The molecule has 0 atom stereocenters. The van der Waals surface area contributed by atoms with Gasteiger partial charge in [-0.3, -0.25) is 4.98 Å². The predicted molar refractivity (Wildman–Crippen MR) is 71.0 cm³/mol. The van der Waals surface area contributed by atoms with Gasteiger partial charge in [0.25, 0.3) is 0 Å². The molecule has 90 valence electrons. The van der Waals surface area contributed by atoms with E-state index in [9.17, 15) is 0 Å². The summed E-state index contributed by atoms with van der Waals surface area (Å²) in [6.45, 7) is 1.66. The first-order chi connectivity index (χ1) is 8.92. The average molecular weight is 238 g/mol. The molecule has 2 heterocycles. The highest BCUT2D eigenvalue weighted by molar-refractivity contribution is 5.78. The number of fused-ring (bicyclic) bond motifs is 1. The molecular weight excluding hydrogens is 224 g/mol. The molecule has 0 saturated carbocycles. The minimum absolute atomic E-state index is 0.821. The number of rotatable bonds is 4. The standard InChI is InChI=1S/C15H14N2O/c1-2-14-8-12(3-4-15(14)17-6-1)9-16-10-13-5-7-18-11-13/h1-8,11,16H,9-10H2. The van der Waals surface area contributed by atoms with Crippen LogP contribution in [0.25, 0.3) is 10.9 Å². The number of hydrogen-bond donors (Lipinski definition) is 1. The van der Waals surface area contributed by atoms with Crippen molar-refractivity contribution in [3.63, 3.8) is 0 Å². The maximum absolute atomic E-state index is 5.03. The van der Waals surface area contributed by atoms with Crippen molar-refractivity contribution in [3.8, 4) is 0 Å². The molecule has 0 aliphatic heterocycles. The Balaban J connectivity index is 1.67. The van der Waals surface area contributed by atoms with Gasteiger partial charge in [0.1, 0.15) is 0 Å². The van der Waals surface area contributed by atoms with Crippen LogP contribution in [0.3, 0.4) is 0 Å². The Morgan fingerprint density at radius 1 is 1.06 bits per heavy atom. The molecule has 0 radical (unpaired) electrons. The molecule has 0 unspecified atom stereocenters. The lowest BCUT2D eigenvalue weighted by Crippen LogP contribution is -2.11. The van der Waals surface area contributed by atoms with E-state index in [-0.39, 0.29) is 0 Å². The Morgan fingerprint density at radius 2 is 2.00 bits per heavy atom. The second-order valence-corrected chi connectivity index (χ2v) is 4.27. The maximum Gasteiger partial charge on any atom is 0.0947 e. The lowest BCUT2D eigenvalue weighted by molar-refractivity contribution is 0.560. The van der Waals surface area contributed by atoms with E-state index in [2.05, 4.69) is 34.6 Å². The predicted octanol–water partition coefficient (Wildman–Crippen LogP) is 3.12. The first-order valence-electron chi connectivity index (χ1n) is 5.97. The number of nitrogens with one attached hydrogen (secondary N) is 1. The van der Waals surface area contributed by atoms with E-state index in [1.165, 1.54) is 10.9 Å². The number of furan rings is 1. The van der Waals surface area contributed by atoms with Crippen molar-refractivity contribution in [3.05, 3.63) is 66.2 Å². The zero-order chi connectivity index (χ0) is 12.2. The van der Waals surface area contributed by atoms with Crippen LogP contribution in [0.5, 0.6) is 0 Å². The van der Waals surface area contributed by atoms with Crippen molar-refractivity contribution in [2.45, 2.75) is 13.1 Å². The molecular formula is C15H14N2O. The molecule has 2 aromatic heterocycles. The summed E-state index contributed by atoms with van der Waals surface area (Å²) in [5.74, 6) is 0. The topological polar surface area (TPSA) is 38.1 Å². The summed E-state index contributed by atoms with van der Waals surface area (Å²) in [5.41, 5.74) is 3.47. The first-order valence-corrected chi connectivity index (χ1v) is 5.97. The Kier molecular flexibility index (Phi) is 3.07. The summed E-state index contributed by atoms with van der Waals surface area (Å²) in [5, 5.41) is 4.57. The third-order valence-electron chi connectivity index (χ3n) is 2.91. The van der Waals surface area contributed by atoms with Crippen LogP contribution in [-0.2, 0) is 13.1 Å². The molecule has 18 heavy (non-hydrogen) atoms. The van der Waals surface area contributed by atoms with Gasteiger partial charge < -0.3 is 9.73 Å². The van der Waals surface area contributed by atoms with Crippen LogP contribution >= 0.6 is 0 Å². The van der Waals surface area contributed by atoms with Gasteiger partial charge in [-0.1, -0.05) is 12.1 Å². The quantitative estimate of drug-likeness (QED) is 0.759. The minimum Gasteiger partial charge on any atom is -0.472 e. The Bertz CT molecular complexity index is 632. The smallest absolute Gasteiger partial charge is 0.0947 e. The second-order valence-electron chi connectivity index (χ2n) is 4.27. The zero-order valence-electron chi connectivity index (χ0n) is 9.97. The highest BCUT2D eigenvalue weighted by Crippen LogP contribution is 2.13. The van der Waals surface area contributed by atoms with E-state index in [1.54, 1.807) is 12.5 Å². The van der Waals surface area contributed by atoms with Crippen molar-refractivity contribution in [2.75, 3.05) is 0 Å². The molecule has 3 heteroatoms. The number of nitrogens with zero attached hydrogens (tertiary/aromatic N) is 1. The van der Waals surface area contributed by atoms with Crippen LogP contribution in [0.2, 0.25) is 0 Å². The molecule has 0 spiro atoms. The van der Waals surface area contributed by atoms with E-state index >= 15 is 0 Å². The van der Waals surface area contributed by atoms with Gasteiger partial charge >= 0.3 is 0 Å². The lowest BCUT2D eigenvalue weighted by Gasteiger charge is -2.04. The van der Waals surface area contributed by atoms with Crippen LogP contribution in [0.4, 0.5) is 0 Å². The Labute approximate surface area is 105 Å². The second kappa shape index (κ2) is 5.02. The molecule has 3 nitrogen and oxygen atoms in total. The van der Waals surface area contributed by atoms with Gasteiger partial charge in [0, 0.05) is 30.2 Å². The number of benzene rings is 1. The van der Waals surface area contributed by atoms with Gasteiger partial charge in [-0.05, 0) is 29.8 Å². The van der Waals surface area contributed by atoms with Crippen molar-refractivity contribution in [2.24, 2.45) is 0 Å². The SMILES string of the molecule is c1cnc2ccc(CNCc3ccoc3)cc2c1. The summed E-state index contributed by atoms with van der Waals surface area (Å²) < 4.78 is 5.03. The molecule has 0 fully saturated rings. The van der Waals surface area contributed by atoms with E-state index in [0.717, 1.165) is 24.2 Å². The molecule has 3 rings (SSSR count). The van der Waals surface area contributed by atoms with E-state index in [0.29, 0.717) is 0 Å². The van der Waals surface area contributed by atoms with Gasteiger partial charge in [0.15, 0.2) is 0 Å². The summed E-state index contributed by atoms with van der Waals surface area (Å²) in [6.07, 6.45) is 5.27. The van der Waals surface area contributed by atoms with Gasteiger partial charge in [-0.2, -0.15) is 0 Å². The minimum atomic E-state index is 0.821. The molecule has 0 amide bonds. The van der Waals surface area contributed by atoms with Gasteiger partial charge in [0.05, 0.1) is 18.0 Å². The summed E-state index contributed by atoms with van der Waals surface area (Å²) in [7, 11) is 0. The molecule has 0 saturated heterocycles. The first kappa shape index (κ1) is 11.0. The van der Waals surface area contributed by atoms with Crippen LogP contribution in [-0.4, -0.2) is 4.98 Å². The third kappa shape index (κ3) is 2.41. The largest absolute Gasteiger partial charge is 0.472 e. The maximum atomic E-state index is 5.03. The normalized spacial score (nSPS) is 10.9. The van der Waals surface area contributed by atoms with Gasteiger partial charge in [-0.15, -0.1) is 0 Å². The molecule has 1 aromatic carbocycles.